The first-order valence-electron chi connectivity index (χ1n) is 8.46. The van der Waals surface area contributed by atoms with Crippen LogP contribution in [0.5, 0.6) is 0 Å². The summed E-state index contributed by atoms with van der Waals surface area (Å²) in [5.74, 6) is 0.454. The van der Waals surface area contributed by atoms with Gasteiger partial charge >= 0.3 is 6.03 Å². The van der Waals surface area contributed by atoms with E-state index in [2.05, 4.69) is 48.4 Å². The van der Waals surface area contributed by atoms with Crippen molar-refractivity contribution in [2.24, 2.45) is 5.92 Å². The van der Waals surface area contributed by atoms with Gasteiger partial charge in [-0.25, -0.2) is 4.79 Å². The Kier molecular flexibility index (Phi) is 8.75. The summed E-state index contributed by atoms with van der Waals surface area (Å²) < 4.78 is 0. The van der Waals surface area contributed by atoms with Crippen LogP contribution in [0, 0.1) is 5.92 Å². The zero-order valence-electron chi connectivity index (χ0n) is 14.6. The van der Waals surface area contributed by atoms with E-state index >= 15 is 0 Å². The Morgan fingerprint density at radius 1 is 1.32 bits per heavy atom. The van der Waals surface area contributed by atoms with Crippen LogP contribution in [-0.4, -0.2) is 79.9 Å². The number of carbonyl (C=O) groups is 1. The fraction of sp³-hybridized carbons (Fsp3) is 0.938. The molecule has 2 amide bonds. The minimum atomic E-state index is -0.178. The molecule has 1 heterocycles. The lowest BCUT2D eigenvalue weighted by atomic mass is 10.0. The molecule has 0 bridgehead atoms. The van der Waals surface area contributed by atoms with Crippen LogP contribution >= 0.6 is 0 Å². The SMILES string of the molecule is CC(C)CC(CO)NC(=O)NCCN1CCC(N(C)C)CC1. The predicted octanol–water partition coefficient (Wildman–Crippen LogP) is 0.719. The van der Waals surface area contributed by atoms with Crippen molar-refractivity contribution < 1.29 is 9.90 Å². The number of rotatable bonds is 8. The van der Waals surface area contributed by atoms with Crippen molar-refractivity contribution in [2.45, 2.75) is 45.2 Å². The Bertz CT molecular complexity index is 315. The highest BCUT2D eigenvalue weighted by molar-refractivity contribution is 5.74. The summed E-state index contributed by atoms with van der Waals surface area (Å²) in [4.78, 5) is 16.5. The van der Waals surface area contributed by atoms with E-state index in [-0.39, 0.29) is 18.7 Å². The molecule has 0 aromatic heterocycles. The summed E-state index contributed by atoms with van der Waals surface area (Å²) in [5, 5.41) is 15.0. The van der Waals surface area contributed by atoms with E-state index in [0.717, 1.165) is 26.1 Å². The monoisotopic (exact) mass is 314 g/mol. The Hall–Kier alpha value is -0.850. The molecular formula is C16H34N4O2. The summed E-state index contributed by atoms with van der Waals surface area (Å²) in [6, 6.07) is 0.354. The van der Waals surface area contributed by atoms with Gasteiger partial charge in [0.2, 0.25) is 0 Å². The van der Waals surface area contributed by atoms with Crippen molar-refractivity contribution in [1.29, 1.82) is 0 Å². The van der Waals surface area contributed by atoms with Gasteiger partial charge in [-0.15, -0.1) is 0 Å². The predicted molar refractivity (Wildman–Crippen MR) is 90.0 cm³/mol. The average Bonchev–Trinajstić information content (AvgIpc) is 2.46. The smallest absolute Gasteiger partial charge is 0.315 e. The largest absolute Gasteiger partial charge is 0.394 e. The summed E-state index contributed by atoms with van der Waals surface area (Å²) >= 11 is 0. The third-order valence-electron chi connectivity index (χ3n) is 4.31. The van der Waals surface area contributed by atoms with Gasteiger partial charge in [0.15, 0.2) is 0 Å². The van der Waals surface area contributed by atoms with Gasteiger partial charge in [-0.2, -0.15) is 0 Å². The Balaban J connectivity index is 2.15. The van der Waals surface area contributed by atoms with Gasteiger partial charge in [-0.05, 0) is 52.4 Å². The zero-order valence-corrected chi connectivity index (χ0v) is 14.6. The van der Waals surface area contributed by atoms with Crippen LogP contribution in [0.15, 0.2) is 0 Å². The van der Waals surface area contributed by atoms with E-state index in [4.69, 9.17) is 0 Å². The van der Waals surface area contributed by atoms with Gasteiger partial charge in [0, 0.05) is 19.1 Å². The molecule has 0 aromatic carbocycles. The first-order chi connectivity index (χ1) is 10.4. The molecule has 22 heavy (non-hydrogen) atoms. The van der Waals surface area contributed by atoms with Crippen molar-refractivity contribution in [1.82, 2.24) is 20.4 Å². The number of hydrogen-bond donors (Lipinski definition) is 3. The number of aliphatic hydroxyl groups excluding tert-OH is 1. The molecule has 3 N–H and O–H groups in total. The molecule has 6 heteroatoms. The number of carbonyl (C=O) groups excluding carboxylic acids is 1. The highest BCUT2D eigenvalue weighted by atomic mass is 16.3. The second-order valence-electron chi connectivity index (χ2n) is 6.95. The number of likely N-dealkylation sites (tertiary alicyclic amines) is 1. The number of urea groups is 1. The van der Waals surface area contributed by atoms with Gasteiger partial charge in [0.25, 0.3) is 0 Å². The molecule has 1 fully saturated rings. The zero-order chi connectivity index (χ0) is 16.5. The maximum atomic E-state index is 11.8. The van der Waals surface area contributed by atoms with Crippen LogP contribution in [-0.2, 0) is 0 Å². The molecule has 0 radical (unpaired) electrons. The molecule has 0 saturated carbocycles. The lowest BCUT2D eigenvalue weighted by Gasteiger charge is -2.35. The minimum absolute atomic E-state index is 0.0103. The lowest BCUT2D eigenvalue weighted by Crippen LogP contribution is -2.48. The summed E-state index contributed by atoms with van der Waals surface area (Å²) in [6.45, 7) is 7.89. The maximum Gasteiger partial charge on any atom is 0.315 e. The molecule has 1 rings (SSSR count). The van der Waals surface area contributed by atoms with Crippen LogP contribution in [0.2, 0.25) is 0 Å². The number of amides is 2. The minimum Gasteiger partial charge on any atom is -0.394 e. The van der Waals surface area contributed by atoms with Crippen LogP contribution in [0.3, 0.4) is 0 Å². The first kappa shape index (κ1) is 19.2. The molecule has 1 unspecified atom stereocenters. The van der Waals surface area contributed by atoms with Gasteiger partial charge in [0.1, 0.15) is 0 Å². The second-order valence-corrected chi connectivity index (χ2v) is 6.95. The number of nitrogens with zero attached hydrogens (tertiary/aromatic N) is 2. The van der Waals surface area contributed by atoms with Crippen molar-refractivity contribution in [3.05, 3.63) is 0 Å². The van der Waals surface area contributed by atoms with Crippen LogP contribution in [0.25, 0.3) is 0 Å². The van der Waals surface area contributed by atoms with Crippen LogP contribution < -0.4 is 10.6 Å². The van der Waals surface area contributed by atoms with Crippen LogP contribution in [0.4, 0.5) is 4.79 Å². The molecule has 1 aliphatic rings. The third-order valence-corrected chi connectivity index (χ3v) is 4.31. The summed E-state index contributed by atoms with van der Waals surface area (Å²) in [6.07, 6.45) is 3.18. The molecule has 1 aliphatic heterocycles. The van der Waals surface area contributed by atoms with Crippen molar-refractivity contribution in [3.8, 4) is 0 Å². The quantitative estimate of drug-likeness (QED) is 0.617. The maximum absolute atomic E-state index is 11.8. The normalized spacial score (nSPS) is 18.7. The molecule has 0 spiro atoms. The molecule has 0 aliphatic carbocycles. The van der Waals surface area contributed by atoms with E-state index in [9.17, 15) is 9.90 Å². The van der Waals surface area contributed by atoms with Crippen molar-refractivity contribution in [2.75, 3.05) is 46.9 Å². The molecule has 130 valence electrons. The number of hydrogen-bond acceptors (Lipinski definition) is 4. The number of nitrogens with one attached hydrogen (secondary N) is 2. The number of aliphatic hydroxyl groups is 1. The van der Waals surface area contributed by atoms with Gasteiger partial charge in [-0.1, -0.05) is 13.8 Å². The van der Waals surface area contributed by atoms with Crippen molar-refractivity contribution in [3.63, 3.8) is 0 Å². The molecule has 6 nitrogen and oxygen atoms in total. The highest BCUT2D eigenvalue weighted by Gasteiger charge is 2.20. The van der Waals surface area contributed by atoms with Gasteiger partial charge in [-0.3, -0.25) is 0 Å². The summed E-state index contributed by atoms with van der Waals surface area (Å²) in [7, 11) is 4.28. The topological polar surface area (TPSA) is 67.8 Å². The molecular weight excluding hydrogens is 280 g/mol. The van der Waals surface area contributed by atoms with E-state index in [0.29, 0.717) is 18.5 Å². The van der Waals surface area contributed by atoms with Gasteiger partial charge < -0.3 is 25.5 Å². The lowest BCUT2D eigenvalue weighted by molar-refractivity contribution is 0.145. The Morgan fingerprint density at radius 2 is 1.95 bits per heavy atom. The van der Waals surface area contributed by atoms with E-state index in [1.807, 2.05) is 0 Å². The highest BCUT2D eigenvalue weighted by Crippen LogP contribution is 2.13. The van der Waals surface area contributed by atoms with Gasteiger partial charge in [0.05, 0.1) is 12.6 Å². The fourth-order valence-electron chi connectivity index (χ4n) is 2.97. The third kappa shape index (κ3) is 7.42. The number of piperidine rings is 1. The Labute approximate surface area is 135 Å². The van der Waals surface area contributed by atoms with E-state index < -0.39 is 0 Å². The van der Waals surface area contributed by atoms with E-state index in [1.165, 1.54) is 12.8 Å². The summed E-state index contributed by atoms with van der Waals surface area (Å²) in [5.41, 5.74) is 0. The first-order valence-corrected chi connectivity index (χ1v) is 8.46. The standard InChI is InChI=1S/C16H34N4O2/c1-13(2)11-14(12-21)18-16(22)17-7-10-20-8-5-15(6-9-20)19(3)4/h13-15,21H,5-12H2,1-4H3,(H2,17,18,22). The van der Waals surface area contributed by atoms with Crippen molar-refractivity contribution >= 4 is 6.03 Å². The molecule has 1 saturated heterocycles. The molecule has 1 atom stereocenters. The fourth-order valence-corrected chi connectivity index (χ4v) is 2.97. The molecule has 0 aromatic rings. The average molecular weight is 314 g/mol. The Morgan fingerprint density at radius 3 is 2.45 bits per heavy atom. The van der Waals surface area contributed by atoms with E-state index in [1.54, 1.807) is 0 Å². The second kappa shape index (κ2) is 10.0. The van der Waals surface area contributed by atoms with Crippen LogP contribution in [0.1, 0.15) is 33.1 Å².